The molecule has 0 spiro atoms. The lowest BCUT2D eigenvalue weighted by Gasteiger charge is -2.31. The number of amides is 9. The van der Waals surface area contributed by atoms with Gasteiger partial charge in [0.05, 0.1) is 18.8 Å². The number of aromatic amines is 1. The summed E-state index contributed by atoms with van der Waals surface area (Å²) in [7, 11) is 2.02. The van der Waals surface area contributed by atoms with E-state index in [0.717, 1.165) is 53.0 Å². The average Bonchev–Trinajstić information content (AvgIpc) is 2.71. The highest BCUT2D eigenvalue weighted by atomic mass is 35.5. The van der Waals surface area contributed by atoms with Crippen LogP contribution in [0.1, 0.15) is 113 Å². The minimum Gasteiger partial charge on any atom is -0.409 e. The molecule has 1 fully saturated rings. The molecule has 1 atom stereocenters. The number of fused-ring (bicyclic) bond motifs is 4. The van der Waals surface area contributed by atoms with Crippen molar-refractivity contribution in [2.24, 2.45) is 11.7 Å². The summed E-state index contributed by atoms with van der Waals surface area (Å²) in [4.78, 5) is 125. The van der Waals surface area contributed by atoms with Crippen LogP contribution >= 0.6 is 11.6 Å². The maximum absolute atomic E-state index is 14.2. The van der Waals surface area contributed by atoms with E-state index in [1.54, 1.807) is 52.3 Å². The van der Waals surface area contributed by atoms with E-state index in [9.17, 15) is 43.2 Å². The molecule has 0 aliphatic carbocycles. The number of nitrogens with two attached hydrogens (primary N) is 1. The number of benzene rings is 4. The summed E-state index contributed by atoms with van der Waals surface area (Å²) in [5, 5.41) is 15.6. The lowest BCUT2D eigenvalue weighted by molar-refractivity contribution is -0.137. The zero-order chi connectivity index (χ0) is 61.9. The maximum atomic E-state index is 14.2. The van der Waals surface area contributed by atoms with Crippen molar-refractivity contribution in [3.8, 4) is 5.75 Å². The van der Waals surface area contributed by atoms with Crippen LogP contribution in [0.5, 0.6) is 5.75 Å². The zero-order valence-electron chi connectivity index (χ0n) is 50.0. The highest BCUT2D eigenvalue weighted by Gasteiger charge is 2.31. The summed E-state index contributed by atoms with van der Waals surface area (Å²) in [5.74, 6) is -3.40. The molecule has 4 heterocycles. The molecule has 0 bridgehead atoms. The van der Waals surface area contributed by atoms with Crippen LogP contribution in [0.3, 0.4) is 0 Å². The minimum atomic E-state index is -0.987. The van der Waals surface area contributed by atoms with Crippen molar-refractivity contribution in [3.05, 3.63) is 108 Å². The molecule has 0 radical (unpaired) electrons. The molecule has 1 aromatic heterocycles. The molecule has 3 aliphatic heterocycles. The molecule has 4 aromatic carbocycles. The van der Waals surface area contributed by atoms with Crippen molar-refractivity contribution in [1.29, 1.82) is 0 Å². The fraction of sp³-hybridized carbons (Fsp3) is 0.435. The number of likely N-dealkylation sites (N-methyl/N-ethyl adjacent to an activating group) is 1. The van der Waals surface area contributed by atoms with Crippen molar-refractivity contribution in [2.75, 3.05) is 87.9 Å². The van der Waals surface area contributed by atoms with E-state index in [0.29, 0.717) is 71.0 Å². The third kappa shape index (κ3) is 20.0. The molecule has 8 rings (SSSR count). The van der Waals surface area contributed by atoms with Gasteiger partial charge in [-0.15, -0.1) is 11.6 Å². The van der Waals surface area contributed by atoms with E-state index in [1.807, 2.05) is 59.0 Å². The Labute approximate surface area is 497 Å². The molecule has 9 amide bonds. The van der Waals surface area contributed by atoms with Gasteiger partial charge in [0.2, 0.25) is 23.6 Å². The van der Waals surface area contributed by atoms with Gasteiger partial charge < -0.3 is 56.7 Å². The fourth-order valence-corrected chi connectivity index (χ4v) is 9.02. The molecule has 22 heteroatoms. The molecule has 0 unspecified atom stereocenters. The number of hydrogen-bond donors (Lipinski definition) is 7. The van der Waals surface area contributed by atoms with E-state index in [-0.39, 0.29) is 37.6 Å². The number of alkyl halides is 1. The highest BCUT2D eigenvalue weighted by Crippen LogP contribution is 2.41. The summed E-state index contributed by atoms with van der Waals surface area (Å²) >= 11 is 4.64. The van der Waals surface area contributed by atoms with E-state index in [2.05, 4.69) is 68.8 Å². The summed E-state index contributed by atoms with van der Waals surface area (Å²) < 4.78 is 6.00. The molecular weight excluding hydrogens is 1090 g/mol. The number of carbonyl (C=O) groups excluding carboxylic acids is 9. The number of nitrogens with one attached hydrogen (secondary N) is 6. The monoisotopic (exact) mass is 1180 g/mol. The molecular formula is C62H84ClN11O10. The maximum Gasteiger partial charge on any atom is 0.415 e. The van der Waals surface area contributed by atoms with Crippen LogP contribution in [-0.2, 0) is 35.2 Å². The van der Waals surface area contributed by atoms with Gasteiger partial charge in [-0.2, -0.15) is 0 Å². The van der Waals surface area contributed by atoms with Crippen molar-refractivity contribution < 1.29 is 47.9 Å². The number of piperazine rings is 1. The largest absolute Gasteiger partial charge is 0.415 e. The van der Waals surface area contributed by atoms with Crippen LogP contribution in [0.25, 0.3) is 21.7 Å². The number of ether oxygens (including phenoxy) is 1. The first kappa shape index (κ1) is 68.4. The molecule has 1 saturated heterocycles. The lowest BCUT2D eigenvalue weighted by atomic mass is 10.0. The number of H-pyrrole nitrogens is 1. The van der Waals surface area contributed by atoms with Gasteiger partial charge in [0.25, 0.3) is 23.6 Å². The molecule has 84 heavy (non-hydrogen) atoms. The normalized spacial score (nSPS) is 13.6. The number of anilines is 3. The average molecular weight is 1180 g/mol. The Morgan fingerprint density at radius 3 is 1.99 bits per heavy atom. The Bertz CT molecular complexity index is 3060. The van der Waals surface area contributed by atoms with Crippen molar-refractivity contribution in [3.63, 3.8) is 0 Å². The van der Waals surface area contributed by atoms with Crippen LogP contribution in [0.15, 0.2) is 91.0 Å². The number of halogens is 1. The van der Waals surface area contributed by atoms with Crippen LogP contribution < -0.4 is 42.0 Å². The predicted molar refractivity (Wildman–Crippen MR) is 331 cm³/mol. The number of hydrogen-bond acceptors (Lipinski definition) is 12. The van der Waals surface area contributed by atoms with Gasteiger partial charge in [-0.3, -0.25) is 43.3 Å². The van der Waals surface area contributed by atoms with Crippen LogP contribution in [0.2, 0.25) is 0 Å². The van der Waals surface area contributed by atoms with Crippen LogP contribution in [0.4, 0.5) is 21.9 Å². The predicted octanol–water partition coefficient (Wildman–Crippen LogP) is 7.97. The second kappa shape index (κ2) is 35.1. The van der Waals surface area contributed by atoms with Crippen molar-refractivity contribution in [2.45, 2.75) is 99.5 Å². The quantitative estimate of drug-likeness (QED) is 0.0306. The zero-order valence-corrected chi connectivity index (χ0v) is 50.7. The first-order chi connectivity index (χ1) is 40.4. The lowest BCUT2D eigenvalue weighted by Crippen LogP contribution is -2.51. The Kier molecular flexibility index (Phi) is 28.6. The number of carbonyl (C=O) groups is 9. The summed E-state index contributed by atoms with van der Waals surface area (Å²) in [5.41, 5.74) is 9.02. The van der Waals surface area contributed by atoms with Gasteiger partial charge >= 0.3 is 6.09 Å². The van der Waals surface area contributed by atoms with Gasteiger partial charge in [0, 0.05) is 104 Å². The number of unbranched alkanes of at least 4 members (excludes halogenated alkanes) is 1. The van der Waals surface area contributed by atoms with Gasteiger partial charge in [-0.05, 0) is 105 Å². The first-order valence-electron chi connectivity index (χ1n) is 28.7. The SMILES string of the molecule is CC.CC(C)C[C@H](NC(=O)CNC(=O)CCCN1C(=O)C=CC1=O)C(=O)NCC(=O)Nc1ccc(C(=O)Nc2ccc3[nH]c(C(=O)N4CCc5c4cc(OC(=O)N4CCN(C)CC4)c4ccccc54)cc3c2)cc1.CCC.CCCCN.CCl. The number of rotatable bonds is 19. The Hall–Kier alpha value is -8.14. The molecule has 5 aromatic rings. The molecule has 21 nitrogen and oxygen atoms in total. The van der Waals surface area contributed by atoms with Crippen molar-refractivity contribution >= 4 is 104 Å². The number of nitrogens with zero attached hydrogens (tertiary/aromatic N) is 4. The first-order valence-corrected chi connectivity index (χ1v) is 29.5. The van der Waals surface area contributed by atoms with Gasteiger partial charge in [-0.25, -0.2) is 4.79 Å². The Balaban J connectivity index is 0.00000116. The van der Waals surface area contributed by atoms with Gasteiger partial charge in [0.15, 0.2) is 0 Å². The van der Waals surface area contributed by atoms with E-state index in [4.69, 9.17) is 10.5 Å². The molecule has 8 N–H and O–H groups in total. The second-order valence-electron chi connectivity index (χ2n) is 20.2. The smallest absolute Gasteiger partial charge is 0.409 e. The number of aromatic nitrogens is 1. The van der Waals surface area contributed by atoms with E-state index < -0.39 is 66.6 Å². The van der Waals surface area contributed by atoms with E-state index in [1.165, 1.54) is 37.8 Å². The second-order valence-corrected chi connectivity index (χ2v) is 20.2. The fourth-order valence-electron chi connectivity index (χ4n) is 9.02. The third-order valence-electron chi connectivity index (χ3n) is 13.2. The van der Waals surface area contributed by atoms with Crippen LogP contribution in [-0.4, -0.2) is 151 Å². The van der Waals surface area contributed by atoms with Crippen molar-refractivity contribution in [1.82, 2.24) is 35.6 Å². The molecule has 454 valence electrons. The Morgan fingerprint density at radius 2 is 1.37 bits per heavy atom. The highest BCUT2D eigenvalue weighted by molar-refractivity contribution is 6.15. The standard InChI is InChI=1S/C52H56N10O10.C4H11N.C3H8.C2H6.CH3Cl/c1-31(2)25-40(58-46(65)29-53-44(63)9-6-19-62-47(66)16-17-48(62)67)50(69)54-30-45(64)55-34-12-10-32(11-13-34)49(68)56-35-14-15-39-33(26-35)27-41(57-39)51(70)61-20-18-37-36-7-4-5-8-38(36)43(28-42(37)61)72-52(71)60-23-21-59(3)22-24-60;1-2-3-4-5;1-3-2;2*1-2/h4-5,7-8,10-17,26-28,31,40,57H,6,9,18-25,29-30H2,1-3H3,(H,53,63)(H,54,69)(H,55,64)(H,56,68)(H,58,65);2-5H2,1H3;3H2,1-2H3;1-2H3;1H3/t40-;;;;/m0..../s1. The van der Waals surface area contributed by atoms with Crippen LogP contribution in [0, 0.1) is 5.92 Å². The Morgan fingerprint density at radius 1 is 0.738 bits per heavy atom. The van der Waals surface area contributed by atoms with E-state index >= 15 is 0 Å². The third-order valence-corrected chi connectivity index (χ3v) is 13.2. The summed E-state index contributed by atoms with van der Waals surface area (Å²) in [6.45, 7) is 17.3. The topological polar surface area (TPSA) is 278 Å². The molecule has 3 aliphatic rings. The summed E-state index contributed by atoms with van der Waals surface area (Å²) in [6, 6.07) is 21.7. The minimum absolute atomic E-state index is 0.00359. The van der Waals surface area contributed by atoms with Gasteiger partial charge in [-0.1, -0.05) is 85.6 Å². The van der Waals surface area contributed by atoms with Gasteiger partial charge in [0.1, 0.15) is 17.5 Å². The molecule has 0 saturated carbocycles. The summed E-state index contributed by atoms with van der Waals surface area (Å²) in [6.07, 6.45) is 8.08. The number of imide groups is 1.